The number of carbonyl (C=O) groups excluding carboxylic acids is 1. The molecule has 20 heavy (non-hydrogen) atoms. The molecular weight excluding hydrogens is 254 g/mol. The van der Waals surface area contributed by atoms with Crippen LogP contribution in [-0.4, -0.2) is 48.3 Å². The first-order valence-corrected chi connectivity index (χ1v) is 7.29. The fourth-order valence-corrected chi connectivity index (χ4v) is 2.32. The molecule has 0 saturated carbocycles. The van der Waals surface area contributed by atoms with E-state index in [0.717, 1.165) is 32.4 Å². The minimum Gasteiger partial charge on any atom is -0.377 e. The van der Waals surface area contributed by atoms with Crippen LogP contribution in [0, 0.1) is 0 Å². The maximum absolute atomic E-state index is 12.1. The number of hydrogen-bond donors (Lipinski definition) is 1. The third kappa shape index (κ3) is 4.81. The van der Waals surface area contributed by atoms with Crippen LogP contribution in [0.5, 0.6) is 0 Å². The lowest BCUT2D eigenvalue weighted by Crippen LogP contribution is -2.43. The van der Waals surface area contributed by atoms with Crippen molar-refractivity contribution in [1.29, 1.82) is 0 Å². The van der Waals surface area contributed by atoms with Crippen molar-refractivity contribution < 1.29 is 9.53 Å². The van der Waals surface area contributed by atoms with Crippen molar-refractivity contribution >= 4 is 6.03 Å². The first-order chi connectivity index (χ1) is 9.75. The van der Waals surface area contributed by atoms with Crippen LogP contribution >= 0.6 is 0 Å². The third-order valence-corrected chi connectivity index (χ3v) is 3.38. The summed E-state index contributed by atoms with van der Waals surface area (Å²) < 4.78 is 5.54. The summed E-state index contributed by atoms with van der Waals surface area (Å²) in [4.78, 5) is 18.0. The molecule has 1 N–H and O–H groups in total. The smallest absolute Gasteiger partial charge is 0.317 e. The molecule has 0 aromatic carbocycles. The molecule has 5 nitrogen and oxygen atoms in total. The summed E-state index contributed by atoms with van der Waals surface area (Å²) in [6.45, 7) is 4.90. The molecule has 5 heteroatoms. The van der Waals surface area contributed by atoms with Gasteiger partial charge in [-0.25, -0.2) is 4.79 Å². The number of urea groups is 1. The summed E-state index contributed by atoms with van der Waals surface area (Å²) in [6.07, 6.45) is 6.54. The fraction of sp³-hybridized carbons (Fsp3) is 0.600. The Kier molecular flexibility index (Phi) is 5.80. The molecule has 1 saturated heterocycles. The lowest BCUT2D eigenvalue weighted by Gasteiger charge is -2.22. The van der Waals surface area contributed by atoms with Crippen LogP contribution in [0.4, 0.5) is 4.79 Å². The van der Waals surface area contributed by atoms with Gasteiger partial charge in [0.15, 0.2) is 0 Å². The molecule has 1 fully saturated rings. The van der Waals surface area contributed by atoms with E-state index in [0.29, 0.717) is 13.1 Å². The van der Waals surface area contributed by atoms with Crippen molar-refractivity contribution in [2.75, 3.05) is 26.2 Å². The van der Waals surface area contributed by atoms with Gasteiger partial charge in [-0.2, -0.15) is 0 Å². The van der Waals surface area contributed by atoms with E-state index in [1.54, 1.807) is 6.20 Å². The van der Waals surface area contributed by atoms with Crippen LogP contribution in [0.15, 0.2) is 24.5 Å². The van der Waals surface area contributed by atoms with E-state index >= 15 is 0 Å². The highest BCUT2D eigenvalue weighted by Crippen LogP contribution is 2.05. The molecule has 110 valence electrons. The maximum atomic E-state index is 12.1. The molecule has 0 aliphatic carbocycles. The van der Waals surface area contributed by atoms with E-state index in [9.17, 15) is 4.79 Å². The van der Waals surface area contributed by atoms with E-state index in [1.807, 2.05) is 24.1 Å². The Bertz CT molecular complexity index is 411. The highest BCUT2D eigenvalue weighted by molar-refractivity contribution is 5.74. The lowest BCUT2D eigenvalue weighted by molar-refractivity contribution is 0.0710. The Morgan fingerprint density at radius 3 is 3.30 bits per heavy atom. The molecule has 0 bridgehead atoms. The van der Waals surface area contributed by atoms with Crippen molar-refractivity contribution in [3.8, 4) is 0 Å². The quantitative estimate of drug-likeness (QED) is 0.854. The van der Waals surface area contributed by atoms with E-state index < -0.39 is 0 Å². The van der Waals surface area contributed by atoms with Gasteiger partial charge in [-0.15, -0.1) is 0 Å². The molecule has 0 spiro atoms. The average molecular weight is 277 g/mol. The fourth-order valence-electron chi connectivity index (χ4n) is 2.32. The zero-order chi connectivity index (χ0) is 14.2. The topological polar surface area (TPSA) is 54.5 Å². The van der Waals surface area contributed by atoms with E-state index in [-0.39, 0.29) is 12.1 Å². The summed E-state index contributed by atoms with van der Waals surface area (Å²) in [5.41, 5.74) is 1.21. The normalized spacial score (nSPS) is 19.4. The summed E-state index contributed by atoms with van der Waals surface area (Å²) in [5, 5.41) is 2.98. The van der Waals surface area contributed by atoms with Crippen LogP contribution in [0.25, 0.3) is 0 Å². The van der Waals surface area contributed by atoms with Crippen molar-refractivity contribution in [3.05, 3.63) is 30.1 Å². The number of carbonyl (C=O) groups is 1. The van der Waals surface area contributed by atoms with Gasteiger partial charge in [0.05, 0.1) is 6.10 Å². The molecule has 1 aromatic heterocycles. The van der Waals surface area contributed by atoms with Crippen LogP contribution in [0.1, 0.15) is 25.3 Å². The van der Waals surface area contributed by atoms with Gasteiger partial charge in [0.25, 0.3) is 0 Å². The molecular formula is C15H23N3O2. The second-order valence-corrected chi connectivity index (χ2v) is 5.18. The molecule has 1 aliphatic rings. The number of nitrogens with one attached hydrogen (secondary N) is 1. The average Bonchev–Trinajstić information content (AvgIpc) is 2.69. The zero-order valence-electron chi connectivity index (χ0n) is 12.0. The Balaban J connectivity index is 1.67. The second-order valence-electron chi connectivity index (χ2n) is 5.18. The van der Waals surface area contributed by atoms with Crippen LogP contribution < -0.4 is 5.32 Å². The number of ether oxygens (including phenoxy) is 1. The summed E-state index contributed by atoms with van der Waals surface area (Å²) in [5.74, 6) is 0. The van der Waals surface area contributed by atoms with Crippen LogP contribution in [-0.2, 0) is 11.2 Å². The molecule has 2 rings (SSSR count). The van der Waals surface area contributed by atoms with Crippen molar-refractivity contribution in [3.63, 3.8) is 0 Å². The van der Waals surface area contributed by atoms with E-state index in [4.69, 9.17) is 4.74 Å². The van der Waals surface area contributed by atoms with Gasteiger partial charge in [0.1, 0.15) is 0 Å². The first kappa shape index (κ1) is 14.8. The Morgan fingerprint density at radius 1 is 1.60 bits per heavy atom. The zero-order valence-corrected chi connectivity index (χ0v) is 12.0. The number of hydrogen-bond acceptors (Lipinski definition) is 3. The van der Waals surface area contributed by atoms with Crippen LogP contribution in [0.2, 0.25) is 0 Å². The summed E-state index contributed by atoms with van der Waals surface area (Å²) in [7, 11) is 0. The largest absolute Gasteiger partial charge is 0.377 e. The lowest BCUT2D eigenvalue weighted by atomic mass is 10.1. The predicted molar refractivity (Wildman–Crippen MR) is 77.6 cm³/mol. The van der Waals surface area contributed by atoms with Gasteiger partial charge in [-0.3, -0.25) is 4.98 Å². The Labute approximate surface area is 120 Å². The molecule has 0 radical (unpaired) electrons. The van der Waals surface area contributed by atoms with Crippen LogP contribution in [0.3, 0.4) is 0 Å². The van der Waals surface area contributed by atoms with Crippen molar-refractivity contribution in [2.24, 2.45) is 0 Å². The number of rotatable bonds is 4. The number of pyridine rings is 1. The maximum Gasteiger partial charge on any atom is 0.317 e. The predicted octanol–water partition coefficient (Wildman–Crippen LogP) is 1.83. The van der Waals surface area contributed by atoms with Gasteiger partial charge in [0, 0.05) is 38.6 Å². The summed E-state index contributed by atoms with van der Waals surface area (Å²) in [6, 6.07) is 4.02. The van der Waals surface area contributed by atoms with Crippen molar-refractivity contribution in [2.45, 2.75) is 32.3 Å². The van der Waals surface area contributed by atoms with Gasteiger partial charge in [0.2, 0.25) is 0 Å². The minimum absolute atomic E-state index is 0.0218. The number of amides is 2. The summed E-state index contributed by atoms with van der Waals surface area (Å²) >= 11 is 0. The second kappa shape index (κ2) is 7.85. The highest BCUT2D eigenvalue weighted by Gasteiger charge is 2.19. The molecule has 0 unspecified atom stereocenters. The van der Waals surface area contributed by atoms with Gasteiger partial charge in [-0.05, 0) is 37.8 Å². The Hall–Kier alpha value is -1.62. The van der Waals surface area contributed by atoms with Crippen molar-refractivity contribution in [1.82, 2.24) is 15.2 Å². The molecule has 1 aliphatic heterocycles. The van der Waals surface area contributed by atoms with Gasteiger partial charge < -0.3 is 15.0 Å². The number of nitrogens with zero attached hydrogens (tertiary/aromatic N) is 2. The molecule has 2 amide bonds. The minimum atomic E-state index is 0.0218. The SMILES string of the molecule is C[C@@H]1CN(C(=O)NCCCc2cccnc2)CCCO1. The molecule has 2 heterocycles. The monoisotopic (exact) mass is 277 g/mol. The Morgan fingerprint density at radius 2 is 2.50 bits per heavy atom. The third-order valence-electron chi connectivity index (χ3n) is 3.38. The molecule has 1 aromatic rings. The molecule has 1 atom stereocenters. The standard InChI is InChI=1S/C15H23N3O2/c1-13-12-18(9-4-10-20-13)15(19)17-8-3-6-14-5-2-7-16-11-14/h2,5,7,11,13H,3-4,6,8-10,12H2,1H3,(H,17,19)/t13-/m1/s1. The number of aromatic nitrogens is 1. The van der Waals surface area contributed by atoms with Gasteiger partial charge in [-0.1, -0.05) is 6.07 Å². The van der Waals surface area contributed by atoms with E-state index in [2.05, 4.69) is 16.4 Å². The first-order valence-electron chi connectivity index (χ1n) is 7.29. The highest BCUT2D eigenvalue weighted by atomic mass is 16.5. The number of aryl methyl sites for hydroxylation is 1. The van der Waals surface area contributed by atoms with Gasteiger partial charge >= 0.3 is 6.03 Å². The van der Waals surface area contributed by atoms with E-state index in [1.165, 1.54) is 5.56 Å².